The molecule has 78 valence electrons. The van der Waals surface area contributed by atoms with Gasteiger partial charge in [0.2, 0.25) is 0 Å². The zero-order valence-electron chi connectivity index (χ0n) is 8.95. The predicted octanol–water partition coefficient (Wildman–Crippen LogP) is 0.387. The maximum Gasteiger partial charge on any atom is 0.141 e. The number of ketones is 1. The van der Waals surface area contributed by atoms with Gasteiger partial charge in [-0.05, 0) is 12.6 Å². The Bertz CT molecular complexity index is 306. The lowest BCUT2D eigenvalue weighted by atomic mass is 10.0. The summed E-state index contributed by atoms with van der Waals surface area (Å²) >= 11 is 0. The molecule has 0 aliphatic rings. The summed E-state index contributed by atoms with van der Waals surface area (Å²) in [7, 11) is 3.71. The molecule has 4 heteroatoms. The third-order valence-corrected chi connectivity index (χ3v) is 2.20. The Balaban J connectivity index is 2.48. The van der Waals surface area contributed by atoms with Crippen LogP contribution in [0.5, 0.6) is 0 Å². The molecule has 14 heavy (non-hydrogen) atoms. The van der Waals surface area contributed by atoms with Crippen molar-refractivity contribution in [1.82, 2.24) is 15.1 Å². The number of rotatable bonds is 5. The van der Waals surface area contributed by atoms with Gasteiger partial charge in [-0.1, -0.05) is 6.92 Å². The molecule has 0 aliphatic carbocycles. The molecule has 0 saturated heterocycles. The van der Waals surface area contributed by atoms with Gasteiger partial charge in [0, 0.05) is 32.1 Å². The number of Topliss-reactive ketones (excluding diaryl/α,β-unsaturated/α-hetero) is 1. The third-order valence-electron chi connectivity index (χ3n) is 2.20. The molecule has 0 fully saturated rings. The van der Waals surface area contributed by atoms with E-state index in [4.69, 9.17) is 0 Å². The minimum atomic E-state index is 0.0696. The van der Waals surface area contributed by atoms with E-state index in [1.807, 2.05) is 27.2 Å². The fourth-order valence-electron chi connectivity index (χ4n) is 1.36. The molecular formula is C10H17N3O. The number of aromatic nitrogens is 2. The molecule has 0 aromatic carbocycles. The maximum absolute atomic E-state index is 11.6. The summed E-state index contributed by atoms with van der Waals surface area (Å²) in [6.45, 7) is 2.67. The molecule has 1 heterocycles. The Labute approximate surface area is 84.3 Å². The van der Waals surface area contributed by atoms with Crippen LogP contribution in [0.2, 0.25) is 0 Å². The molecule has 1 unspecified atom stereocenters. The van der Waals surface area contributed by atoms with E-state index in [2.05, 4.69) is 10.4 Å². The van der Waals surface area contributed by atoms with E-state index in [-0.39, 0.29) is 11.7 Å². The Morgan fingerprint density at radius 1 is 1.71 bits per heavy atom. The Morgan fingerprint density at radius 3 is 2.93 bits per heavy atom. The van der Waals surface area contributed by atoms with Gasteiger partial charge in [-0.25, -0.2) is 0 Å². The minimum absolute atomic E-state index is 0.0696. The number of hydrogen-bond acceptors (Lipinski definition) is 3. The van der Waals surface area contributed by atoms with Crippen molar-refractivity contribution in [2.24, 2.45) is 13.0 Å². The summed E-state index contributed by atoms with van der Waals surface area (Å²) in [5.41, 5.74) is 0.987. The van der Waals surface area contributed by atoms with Crippen LogP contribution in [0.1, 0.15) is 12.5 Å². The first-order valence-electron chi connectivity index (χ1n) is 4.78. The van der Waals surface area contributed by atoms with Gasteiger partial charge in [-0.3, -0.25) is 9.48 Å². The van der Waals surface area contributed by atoms with Crippen LogP contribution >= 0.6 is 0 Å². The third kappa shape index (κ3) is 2.96. The zero-order chi connectivity index (χ0) is 10.6. The van der Waals surface area contributed by atoms with Gasteiger partial charge >= 0.3 is 0 Å². The highest BCUT2D eigenvalue weighted by molar-refractivity contribution is 5.83. The summed E-state index contributed by atoms with van der Waals surface area (Å²) in [5, 5.41) is 7.02. The molecule has 0 saturated carbocycles. The summed E-state index contributed by atoms with van der Waals surface area (Å²) in [4.78, 5) is 11.6. The van der Waals surface area contributed by atoms with Crippen molar-refractivity contribution >= 4 is 5.78 Å². The molecule has 4 nitrogen and oxygen atoms in total. The SMILES string of the molecule is CNCC(C)C(=O)Cc1cnn(C)c1. The second-order valence-electron chi connectivity index (χ2n) is 3.62. The highest BCUT2D eigenvalue weighted by atomic mass is 16.1. The number of nitrogens with one attached hydrogen (secondary N) is 1. The summed E-state index contributed by atoms with van der Waals surface area (Å²) < 4.78 is 1.71. The van der Waals surface area contributed by atoms with Crippen LogP contribution < -0.4 is 5.32 Å². The first kappa shape index (κ1) is 10.9. The van der Waals surface area contributed by atoms with E-state index >= 15 is 0 Å². The molecular weight excluding hydrogens is 178 g/mol. The Kier molecular flexibility index (Phi) is 3.83. The van der Waals surface area contributed by atoms with Crippen molar-refractivity contribution in [2.45, 2.75) is 13.3 Å². The van der Waals surface area contributed by atoms with Gasteiger partial charge in [-0.15, -0.1) is 0 Å². The average molecular weight is 195 g/mol. The number of aryl methyl sites for hydroxylation is 1. The molecule has 0 bridgehead atoms. The number of carbonyl (C=O) groups is 1. The van der Waals surface area contributed by atoms with Crippen LogP contribution in [0, 0.1) is 5.92 Å². The normalized spacial score (nSPS) is 12.8. The average Bonchev–Trinajstić information content (AvgIpc) is 2.51. The second-order valence-corrected chi connectivity index (χ2v) is 3.62. The largest absolute Gasteiger partial charge is 0.319 e. The van der Waals surface area contributed by atoms with Gasteiger partial charge in [0.05, 0.1) is 6.20 Å². The number of carbonyl (C=O) groups excluding carboxylic acids is 1. The molecule has 0 amide bonds. The number of hydrogen-bond donors (Lipinski definition) is 1. The van der Waals surface area contributed by atoms with Crippen molar-refractivity contribution < 1.29 is 4.79 Å². The van der Waals surface area contributed by atoms with Gasteiger partial charge in [0.1, 0.15) is 5.78 Å². The van der Waals surface area contributed by atoms with Gasteiger partial charge in [-0.2, -0.15) is 5.10 Å². The van der Waals surface area contributed by atoms with Gasteiger partial charge in [0.15, 0.2) is 0 Å². The molecule has 0 aliphatic heterocycles. The highest BCUT2D eigenvalue weighted by Gasteiger charge is 2.12. The fraction of sp³-hybridized carbons (Fsp3) is 0.600. The lowest BCUT2D eigenvalue weighted by Gasteiger charge is -2.07. The summed E-state index contributed by atoms with van der Waals surface area (Å²) in [5.74, 6) is 0.326. The van der Waals surface area contributed by atoms with Crippen molar-refractivity contribution in [1.29, 1.82) is 0 Å². The van der Waals surface area contributed by atoms with Crippen LogP contribution in [-0.2, 0) is 18.3 Å². The molecule has 1 aromatic rings. The highest BCUT2D eigenvalue weighted by Crippen LogP contribution is 2.04. The molecule has 1 aromatic heterocycles. The number of nitrogens with zero attached hydrogens (tertiary/aromatic N) is 2. The zero-order valence-corrected chi connectivity index (χ0v) is 8.95. The molecule has 0 radical (unpaired) electrons. The van der Waals surface area contributed by atoms with Crippen molar-refractivity contribution in [3.63, 3.8) is 0 Å². The fourth-order valence-corrected chi connectivity index (χ4v) is 1.36. The van der Waals surface area contributed by atoms with E-state index in [1.165, 1.54) is 0 Å². The quantitative estimate of drug-likeness (QED) is 0.739. The molecule has 1 N–H and O–H groups in total. The lowest BCUT2D eigenvalue weighted by Crippen LogP contribution is -2.24. The first-order valence-corrected chi connectivity index (χ1v) is 4.78. The van der Waals surface area contributed by atoms with Crippen molar-refractivity contribution in [2.75, 3.05) is 13.6 Å². The van der Waals surface area contributed by atoms with Crippen molar-refractivity contribution in [3.8, 4) is 0 Å². The maximum atomic E-state index is 11.6. The van der Waals surface area contributed by atoms with Gasteiger partial charge < -0.3 is 5.32 Å². The first-order chi connectivity index (χ1) is 6.63. The van der Waals surface area contributed by atoms with Crippen LogP contribution in [0.25, 0.3) is 0 Å². The second kappa shape index (κ2) is 4.91. The summed E-state index contributed by atoms with van der Waals surface area (Å²) in [6, 6.07) is 0. The van der Waals surface area contributed by atoms with E-state index in [0.717, 1.165) is 12.1 Å². The van der Waals surface area contributed by atoms with Crippen LogP contribution in [0.3, 0.4) is 0 Å². The Hall–Kier alpha value is -1.16. The van der Waals surface area contributed by atoms with Gasteiger partial charge in [0.25, 0.3) is 0 Å². The van der Waals surface area contributed by atoms with Crippen LogP contribution in [0.15, 0.2) is 12.4 Å². The Morgan fingerprint density at radius 2 is 2.43 bits per heavy atom. The molecule has 0 spiro atoms. The topological polar surface area (TPSA) is 46.9 Å². The smallest absolute Gasteiger partial charge is 0.141 e. The van der Waals surface area contributed by atoms with Crippen molar-refractivity contribution in [3.05, 3.63) is 18.0 Å². The van der Waals surface area contributed by atoms with Crippen LogP contribution in [0.4, 0.5) is 0 Å². The van der Waals surface area contributed by atoms with E-state index in [1.54, 1.807) is 10.9 Å². The molecule has 1 rings (SSSR count). The standard InChI is InChI=1S/C10H17N3O/c1-8(5-11-2)10(14)4-9-6-12-13(3)7-9/h6-8,11H,4-5H2,1-3H3. The summed E-state index contributed by atoms with van der Waals surface area (Å²) in [6.07, 6.45) is 4.10. The van der Waals surface area contributed by atoms with Crippen LogP contribution in [-0.4, -0.2) is 29.2 Å². The van der Waals surface area contributed by atoms with E-state index in [9.17, 15) is 4.79 Å². The predicted molar refractivity (Wildman–Crippen MR) is 55.0 cm³/mol. The monoisotopic (exact) mass is 195 g/mol. The van der Waals surface area contributed by atoms with E-state index < -0.39 is 0 Å². The minimum Gasteiger partial charge on any atom is -0.319 e. The lowest BCUT2D eigenvalue weighted by molar-refractivity contribution is -0.121. The van der Waals surface area contributed by atoms with E-state index in [0.29, 0.717) is 6.42 Å². The molecule has 1 atom stereocenters.